The largest absolute Gasteiger partial charge is 0.480 e. The lowest BCUT2D eigenvalue weighted by atomic mass is 10.1. The summed E-state index contributed by atoms with van der Waals surface area (Å²) in [4.78, 5) is 26.5. The molecule has 0 aliphatic heterocycles. The topological polar surface area (TPSA) is 82.2 Å². The molecule has 0 aliphatic rings. The Morgan fingerprint density at radius 2 is 1.88 bits per heavy atom. The summed E-state index contributed by atoms with van der Waals surface area (Å²) in [5.41, 5.74) is 2.69. The molecular weight excluding hydrogens is 420 g/mol. The monoisotopic (exact) mass is 432 g/mol. The van der Waals surface area contributed by atoms with Crippen LogP contribution in [0.2, 0.25) is 5.02 Å². The van der Waals surface area contributed by atoms with Crippen molar-refractivity contribution in [2.24, 2.45) is 0 Å². The highest BCUT2D eigenvalue weighted by atomic mass is 79.9. The molecule has 132 valence electrons. The molecule has 2 aromatic carbocycles. The Kier molecular flexibility index (Phi) is 5.44. The molecule has 7 heteroatoms. The number of aromatic amines is 1. The summed E-state index contributed by atoms with van der Waals surface area (Å²) < 4.78 is 0.872. The van der Waals surface area contributed by atoms with Gasteiger partial charge in [0, 0.05) is 20.4 Å². The van der Waals surface area contributed by atoms with E-state index in [1.165, 1.54) is 0 Å². The molecule has 0 radical (unpaired) electrons. The van der Waals surface area contributed by atoms with Crippen LogP contribution in [-0.2, 0) is 4.79 Å². The molecule has 0 saturated carbocycles. The van der Waals surface area contributed by atoms with E-state index < -0.39 is 18.4 Å². The van der Waals surface area contributed by atoms with Crippen LogP contribution in [0.25, 0.3) is 23.1 Å². The van der Waals surface area contributed by atoms with E-state index in [2.05, 4.69) is 26.2 Å². The van der Waals surface area contributed by atoms with Gasteiger partial charge in [-0.3, -0.25) is 9.59 Å². The van der Waals surface area contributed by atoms with E-state index >= 15 is 0 Å². The minimum absolute atomic E-state index is 0.402. The van der Waals surface area contributed by atoms with Crippen LogP contribution >= 0.6 is 27.5 Å². The van der Waals surface area contributed by atoms with E-state index in [1.807, 2.05) is 36.4 Å². The molecular formula is C19H14BrClN2O3. The van der Waals surface area contributed by atoms with Crippen LogP contribution in [0.5, 0.6) is 0 Å². The number of halogens is 2. The van der Waals surface area contributed by atoms with Gasteiger partial charge in [-0.15, -0.1) is 0 Å². The van der Waals surface area contributed by atoms with Crippen molar-refractivity contribution < 1.29 is 14.7 Å². The Labute approximate surface area is 162 Å². The van der Waals surface area contributed by atoms with E-state index in [0.717, 1.165) is 15.6 Å². The molecule has 26 heavy (non-hydrogen) atoms. The van der Waals surface area contributed by atoms with Gasteiger partial charge >= 0.3 is 5.97 Å². The number of aliphatic carboxylic acids is 1. The molecule has 0 fully saturated rings. The van der Waals surface area contributed by atoms with Crippen molar-refractivity contribution in [3.63, 3.8) is 0 Å². The molecule has 1 amide bonds. The van der Waals surface area contributed by atoms with Gasteiger partial charge in [0.25, 0.3) is 5.91 Å². The van der Waals surface area contributed by atoms with Gasteiger partial charge in [0.05, 0.1) is 11.3 Å². The second kappa shape index (κ2) is 7.76. The maximum Gasteiger partial charge on any atom is 0.322 e. The van der Waals surface area contributed by atoms with Gasteiger partial charge in [-0.2, -0.15) is 0 Å². The molecule has 3 rings (SSSR count). The molecule has 3 N–H and O–H groups in total. The lowest BCUT2D eigenvalue weighted by molar-refractivity contribution is -0.135. The molecule has 1 aromatic heterocycles. The van der Waals surface area contributed by atoms with Gasteiger partial charge in [-0.25, -0.2) is 0 Å². The van der Waals surface area contributed by atoms with E-state index in [-0.39, 0.29) is 0 Å². The second-order valence-corrected chi connectivity index (χ2v) is 6.92. The average Bonchev–Trinajstić information content (AvgIpc) is 2.96. The zero-order chi connectivity index (χ0) is 18.7. The smallest absolute Gasteiger partial charge is 0.322 e. The summed E-state index contributed by atoms with van der Waals surface area (Å²) in [6, 6.07) is 12.8. The number of benzene rings is 2. The van der Waals surface area contributed by atoms with Crippen molar-refractivity contribution in [3.8, 4) is 0 Å². The van der Waals surface area contributed by atoms with E-state index in [9.17, 15) is 9.59 Å². The Morgan fingerprint density at radius 3 is 2.58 bits per heavy atom. The maximum atomic E-state index is 12.5. The first-order valence-electron chi connectivity index (χ1n) is 7.69. The van der Waals surface area contributed by atoms with Crippen molar-refractivity contribution in [2.45, 2.75) is 0 Å². The van der Waals surface area contributed by atoms with Crippen molar-refractivity contribution in [2.75, 3.05) is 6.54 Å². The van der Waals surface area contributed by atoms with Gasteiger partial charge in [0.2, 0.25) is 0 Å². The van der Waals surface area contributed by atoms with E-state index in [0.29, 0.717) is 21.7 Å². The summed E-state index contributed by atoms with van der Waals surface area (Å²) in [5.74, 6) is -1.55. The van der Waals surface area contributed by atoms with Gasteiger partial charge in [0.1, 0.15) is 6.54 Å². The fourth-order valence-corrected chi connectivity index (χ4v) is 3.04. The number of carbonyl (C=O) groups is 2. The summed E-state index contributed by atoms with van der Waals surface area (Å²) >= 11 is 9.30. The van der Waals surface area contributed by atoms with Crippen LogP contribution in [0.4, 0.5) is 0 Å². The number of carboxylic acids is 1. The fraction of sp³-hybridized carbons (Fsp3) is 0.0526. The molecule has 1 heterocycles. The van der Waals surface area contributed by atoms with Crippen LogP contribution in [0, 0.1) is 0 Å². The first-order valence-corrected chi connectivity index (χ1v) is 8.86. The predicted octanol–water partition coefficient (Wildman–Crippen LogP) is 4.57. The highest BCUT2D eigenvalue weighted by Crippen LogP contribution is 2.27. The highest BCUT2D eigenvalue weighted by molar-refractivity contribution is 9.10. The Balaban J connectivity index is 2.02. The maximum absolute atomic E-state index is 12.5. The number of hydrogen-bond donors (Lipinski definition) is 3. The number of carboxylic acid groups (broad SMARTS) is 1. The first kappa shape index (κ1) is 18.2. The molecule has 0 aliphatic carbocycles. The summed E-state index contributed by atoms with van der Waals surface area (Å²) in [6.07, 6.45) is 3.64. The van der Waals surface area contributed by atoms with Gasteiger partial charge in [0.15, 0.2) is 0 Å². The van der Waals surface area contributed by atoms with Gasteiger partial charge in [-0.1, -0.05) is 51.8 Å². The minimum atomic E-state index is -1.10. The number of nitrogens with one attached hydrogen (secondary N) is 2. The third-order valence-corrected chi connectivity index (χ3v) is 4.47. The van der Waals surface area contributed by atoms with Crippen molar-refractivity contribution in [1.82, 2.24) is 10.3 Å². The second-order valence-electron chi connectivity index (χ2n) is 5.56. The zero-order valence-electron chi connectivity index (χ0n) is 13.4. The Morgan fingerprint density at radius 1 is 1.15 bits per heavy atom. The minimum Gasteiger partial charge on any atom is -0.480 e. The zero-order valence-corrected chi connectivity index (χ0v) is 15.8. The number of fused-ring (bicyclic) bond motifs is 1. The van der Waals surface area contributed by atoms with Crippen LogP contribution in [0.15, 0.2) is 46.9 Å². The molecule has 0 saturated heterocycles. The standard InChI is InChI=1S/C19H14BrClN2O3/c20-12-4-7-14-16(9-12)23-15(18(14)19(26)22-10-17(24)25)8-3-11-1-5-13(21)6-2-11/h1-9,23H,10H2,(H,22,26)(H,24,25). The summed E-state index contributed by atoms with van der Waals surface area (Å²) in [6.45, 7) is -0.442. The van der Waals surface area contributed by atoms with Crippen LogP contribution in [0.1, 0.15) is 21.6 Å². The van der Waals surface area contributed by atoms with Crippen molar-refractivity contribution in [1.29, 1.82) is 0 Å². The van der Waals surface area contributed by atoms with E-state index in [1.54, 1.807) is 18.2 Å². The lowest BCUT2D eigenvalue weighted by Crippen LogP contribution is -2.29. The molecule has 5 nitrogen and oxygen atoms in total. The normalized spacial score (nSPS) is 11.2. The summed E-state index contributed by atoms with van der Waals surface area (Å²) in [7, 11) is 0. The quantitative estimate of drug-likeness (QED) is 0.551. The number of rotatable bonds is 5. The average molecular weight is 434 g/mol. The predicted molar refractivity (Wildman–Crippen MR) is 106 cm³/mol. The van der Waals surface area contributed by atoms with E-state index in [4.69, 9.17) is 16.7 Å². The number of hydrogen-bond acceptors (Lipinski definition) is 2. The first-order chi connectivity index (χ1) is 12.4. The molecule has 0 spiro atoms. The SMILES string of the molecule is O=C(O)CNC(=O)c1c(C=Cc2ccc(Cl)cc2)[nH]c2cc(Br)ccc12. The van der Waals surface area contributed by atoms with Crippen molar-refractivity contribution in [3.05, 3.63) is 68.8 Å². The molecule has 0 bridgehead atoms. The molecule has 0 unspecified atom stereocenters. The lowest BCUT2D eigenvalue weighted by Gasteiger charge is -2.03. The number of carbonyl (C=O) groups excluding carboxylic acids is 1. The van der Waals surface area contributed by atoms with Crippen LogP contribution < -0.4 is 5.32 Å². The van der Waals surface area contributed by atoms with Gasteiger partial charge < -0.3 is 15.4 Å². The third-order valence-electron chi connectivity index (χ3n) is 3.73. The highest BCUT2D eigenvalue weighted by Gasteiger charge is 2.17. The third kappa shape index (κ3) is 4.15. The number of H-pyrrole nitrogens is 1. The fourth-order valence-electron chi connectivity index (χ4n) is 2.56. The molecule has 3 aromatic rings. The van der Waals surface area contributed by atoms with Crippen molar-refractivity contribution >= 4 is 62.5 Å². The van der Waals surface area contributed by atoms with Crippen LogP contribution in [-0.4, -0.2) is 28.5 Å². The van der Waals surface area contributed by atoms with Crippen LogP contribution in [0.3, 0.4) is 0 Å². The summed E-state index contributed by atoms with van der Waals surface area (Å²) in [5, 5.41) is 12.6. The van der Waals surface area contributed by atoms with Gasteiger partial charge in [-0.05, 0) is 35.9 Å². The Bertz CT molecular complexity index is 1010. The molecule has 0 atom stereocenters. The Hall–Kier alpha value is -2.57. The number of aromatic nitrogens is 1. The number of amides is 1.